The topological polar surface area (TPSA) is 58.4 Å². The minimum absolute atomic E-state index is 0.0358. The zero-order chi connectivity index (χ0) is 14.4. The molecule has 4 nitrogen and oxygen atoms in total. The first-order chi connectivity index (χ1) is 8.99. The predicted octanol–water partition coefficient (Wildman–Crippen LogP) is 1.65. The molecule has 2 atom stereocenters. The molecule has 0 aliphatic heterocycles. The number of carbonyl (C=O) groups is 1. The molecule has 0 saturated heterocycles. The maximum Gasteiger partial charge on any atom is 0.223 e. The van der Waals surface area contributed by atoms with Gasteiger partial charge in [-0.3, -0.25) is 9.69 Å². The summed E-state index contributed by atoms with van der Waals surface area (Å²) in [6.07, 6.45) is 0. The fourth-order valence-electron chi connectivity index (χ4n) is 2.17. The molecule has 0 aliphatic carbocycles. The molecule has 1 amide bonds. The second kappa shape index (κ2) is 7.48. The van der Waals surface area contributed by atoms with Crippen LogP contribution in [0.15, 0.2) is 24.3 Å². The summed E-state index contributed by atoms with van der Waals surface area (Å²) < 4.78 is 0. The minimum atomic E-state index is -0.0803. The molecular formula is C14H22ClN3O. The van der Waals surface area contributed by atoms with Gasteiger partial charge in [-0.15, -0.1) is 0 Å². The van der Waals surface area contributed by atoms with Crippen LogP contribution in [-0.2, 0) is 4.79 Å². The Kier molecular flexibility index (Phi) is 6.28. The Morgan fingerprint density at radius 3 is 2.74 bits per heavy atom. The molecule has 0 heterocycles. The van der Waals surface area contributed by atoms with Crippen LogP contribution in [-0.4, -0.2) is 38.0 Å². The van der Waals surface area contributed by atoms with Gasteiger partial charge in [0.25, 0.3) is 0 Å². The number of carbonyl (C=O) groups excluding carboxylic acids is 1. The maximum absolute atomic E-state index is 11.6. The summed E-state index contributed by atoms with van der Waals surface area (Å²) in [6, 6.07) is 7.73. The molecule has 0 bridgehead atoms. The number of rotatable bonds is 6. The molecular weight excluding hydrogens is 262 g/mol. The molecule has 0 fully saturated rings. The van der Waals surface area contributed by atoms with Crippen LogP contribution in [0.2, 0.25) is 5.02 Å². The summed E-state index contributed by atoms with van der Waals surface area (Å²) in [5.74, 6) is -0.0445. The normalized spacial score (nSPS) is 14.2. The van der Waals surface area contributed by atoms with Gasteiger partial charge in [-0.1, -0.05) is 30.7 Å². The SMILES string of the molecule is CNC(=O)C(C)CN(C)C(CN)c1cccc(Cl)c1. The third kappa shape index (κ3) is 4.49. The van der Waals surface area contributed by atoms with Crippen molar-refractivity contribution in [3.8, 4) is 0 Å². The number of hydrogen-bond donors (Lipinski definition) is 2. The molecule has 106 valence electrons. The van der Waals surface area contributed by atoms with Gasteiger partial charge in [-0.25, -0.2) is 0 Å². The number of hydrogen-bond acceptors (Lipinski definition) is 3. The van der Waals surface area contributed by atoms with E-state index in [2.05, 4.69) is 10.2 Å². The molecule has 0 saturated carbocycles. The van der Waals surface area contributed by atoms with E-state index in [4.69, 9.17) is 17.3 Å². The first-order valence-electron chi connectivity index (χ1n) is 6.37. The van der Waals surface area contributed by atoms with Gasteiger partial charge in [0.15, 0.2) is 0 Å². The van der Waals surface area contributed by atoms with Crippen molar-refractivity contribution < 1.29 is 4.79 Å². The van der Waals surface area contributed by atoms with E-state index in [0.717, 1.165) is 5.56 Å². The lowest BCUT2D eigenvalue weighted by Crippen LogP contribution is -2.38. The molecule has 0 aliphatic rings. The van der Waals surface area contributed by atoms with Gasteiger partial charge in [0.1, 0.15) is 0 Å². The Bertz CT molecular complexity index is 425. The summed E-state index contributed by atoms with van der Waals surface area (Å²) in [4.78, 5) is 13.6. The fourth-order valence-corrected chi connectivity index (χ4v) is 2.37. The number of nitrogens with two attached hydrogens (primary N) is 1. The summed E-state index contributed by atoms with van der Waals surface area (Å²) in [5, 5.41) is 3.36. The molecule has 3 N–H and O–H groups in total. The molecule has 0 spiro atoms. The smallest absolute Gasteiger partial charge is 0.223 e. The molecule has 1 aromatic rings. The van der Waals surface area contributed by atoms with Crippen LogP contribution in [0.1, 0.15) is 18.5 Å². The number of amides is 1. The molecule has 1 rings (SSSR count). The monoisotopic (exact) mass is 283 g/mol. The molecule has 0 aromatic heterocycles. The van der Waals surface area contributed by atoms with Crippen molar-refractivity contribution in [3.63, 3.8) is 0 Å². The van der Waals surface area contributed by atoms with Crippen LogP contribution in [0.25, 0.3) is 0 Å². The van der Waals surface area contributed by atoms with Crippen molar-refractivity contribution in [1.29, 1.82) is 0 Å². The average molecular weight is 284 g/mol. The summed E-state index contributed by atoms with van der Waals surface area (Å²) in [6.45, 7) is 3.03. The largest absolute Gasteiger partial charge is 0.359 e. The predicted molar refractivity (Wildman–Crippen MR) is 79.1 cm³/mol. The molecule has 0 radical (unpaired) electrons. The van der Waals surface area contributed by atoms with Crippen LogP contribution < -0.4 is 11.1 Å². The second-order valence-corrected chi connectivity index (χ2v) is 5.20. The molecule has 1 aromatic carbocycles. The highest BCUT2D eigenvalue weighted by Gasteiger charge is 2.20. The summed E-state index contributed by atoms with van der Waals surface area (Å²) in [7, 11) is 3.62. The van der Waals surface area contributed by atoms with Crippen LogP contribution in [0.5, 0.6) is 0 Å². The minimum Gasteiger partial charge on any atom is -0.359 e. The highest BCUT2D eigenvalue weighted by Crippen LogP contribution is 2.22. The van der Waals surface area contributed by atoms with Crippen molar-refractivity contribution in [3.05, 3.63) is 34.9 Å². The van der Waals surface area contributed by atoms with Crippen molar-refractivity contribution in [2.75, 3.05) is 27.2 Å². The molecule has 5 heteroatoms. The van der Waals surface area contributed by atoms with Gasteiger partial charge < -0.3 is 11.1 Å². The number of halogens is 1. The van der Waals surface area contributed by atoms with Crippen molar-refractivity contribution in [2.24, 2.45) is 11.7 Å². The number of nitrogens with zero attached hydrogens (tertiary/aromatic N) is 1. The fraction of sp³-hybridized carbons (Fsp3) is 0.500. The first-order valence-corrected chi connectivity index (χ1v) is 6.74. The Morgan fingerprint density at radius 2 is 2.21 bits per heavy atom. The number of nitrogens with one attached hydrogen (secondary N) is 1. The Morgan fingerprint density at radius 1 is 1.53 bits per heavy atom. The van der Waals surface area contributed by atoms with E-state index in [9.17, 15) is 4.79 Å². The Labute approximate surface area is 119 Å². The van der Waals surface area contributed by atoms with Crippen molar-refractivity contribution >= 4 is 17.5 Å². The molecule has 2 unspecified atom stereocenters. The molecule has 19 heavy (non-hydrogen) atoms. The lowest BCUT2D eigenvalue weighted by atomic mass is 10.0. The highest BCUT2D eigenvalue weighted by atomic mass is 35.5. The Balaban J connectivity index is 2.77. The average Bonchev–Trinajstić information content (AvgIpc) is 2.38. The highest BCUT2D eigenvalue weighted by molar-refractivity contribution is 6.30. The van der Waals surface area contributed by atoms with E-state index in [-0.39, 0.29) is 17.9 Å². The summed E-state index contributed by atoms with van der Waals surface area (Å²) >= 11 is 6.01. The number of benzene rings is 1. The Hall–Kier alpha value is -1.10. The third-order valence-corrected chi connectivity index (χ3v) is 3.48. The van der Waals surface area contributed by atoms with Crippen molar-refractivity contribution in [2.45, 2.75) is 13.0 Å². The van der Waals surface area contributed by atoms with E-state index >= 15 is 0 Å². The number of likely N-dealkylation sites (N-methyl/N-ethyl adjacent to an activating group) is 1. The van der Waals surface area contributed by atoms with E-state index < -0.39 is 0 Å². The van der Waals surface area contributed by atoms with Crippen LogP contribution in [0.4, 0.5) is 0 Å². The lowest BCUT2D eigenvalue weighted by Gasteiger charge is -2.29. The third-order valence-electron chi connectivity index (χ3n) is 3.24. The van der Waals surface area contributed by atoms with Gasteiger partial charge in [-0.2, -0.15) is 0 Å². The zero-order valence-corrected chi connectivity index (χ0v) is 12.4. The van der Waals surface area contributed by atoms with E-state index in [0.29, 0.717) is 18.1 Å². The lowest BCUT2D eigenvalue weighted by molar-refractivity contribution is -0.124. The van der Waals surface area contributed by atoms with Gasteiger partial charge in [0.2, 0.25) is 5.91 Å². The van der Waals surface area contributed by atoms with Gasteiger partial charge >= 0.3 is 0 Å². The van der Waals surface area contributed by atoms with Gasteiger partial charge in [-0.05, 0) is 24.7 Å². The van der Waals surface area contributed by atoms with E-state index in [1.165, 1.54) is 0 Å². The van der Waals surface area contributed by atoms with Crippen LogP contribution >= 0.6 is 11.6 Å². The maximum atomic E-state index is 11.6. The first kappa shape index (κ1) is 16.0. The second-order valence-electron chi connectivity index (χ2n) is 4.76. The van der Waals surface area contributed by atoms with Gasteiger partial charge in [0.05, 0.1) is 0 Å². The van der Waals surface area contributed by atoms with Crippen molar-refractivity contribution in [1.82, 2.24) is 10.2 Å². The zero-order valence-electron chi connectivity index (χ0n) is 11.7. The van der Waals surface area contributed by atoms with Crippen LogP contribution in [0, 0.1) is 5.92 Å². The van der Waals surface area contributed by atoms with Gasteiger partial charge in [0, 0.05) is 37.1 Å². The van der Waals surface area contributed by atoms with Crippen LogP contribution in [0.3, 0.4) is 0 Å². The standard InChI is InChI=1S/C14H22ClN3O/c1-10(14(19)17-2)9-18(3)13(8-16)11-5-4-6-12(15)7-11/h4-7,10,13H,8-9,16H2,1-3H3,(H,17,19). The summed E-state index contributed by atoms with van der Waals surface area (Å²) in [5.41, 5.74) is 6.93. The quantitative estimate of drug-likeness (QED) is 0.835. The van der Waals surface area contributed by atoms with E-state index in [1.807, 2.05) is 38.2 Å². The van der Waals surface area contributed by atoms with E-state index in [1.54, 1.807) is 7.05 Å².